The van der Waals surface area contributed by atoms with Gasteiger partial charge >= 0.3 is 5.97 Å². The fourth-order valence-corrected chi connectivity index (χ4v) is 2.51. The maximum absolute atomic E-state index is 13.8. The number of carboxylic acid groups (broad SMARTS) is 1. The van der Waals surface area contributed by atoms with Crippen LogP contribution in [-0.2, 0) is 21.1 Å². The van der Waals surface area contributed by atoms with Crippen LogP contribution in [0.4, 0.5) is 4.39 Å². The lowest BCUT2D eigenvalue weighted by molar-refractivity contribution is -0.138. The number of carbonyl (C=O) groups is 1. The van der Waals surface area contributed by atoms with Gasteiger partial charge in [-0.2, -0.15) is 0 Å². The molecule has 106 valence electrons. The van der Waals surface area contributed by atoms with Crippen molar-refractivity contribution < 1.29 is 27.4 Å². The standard InChI is InChI=1S/C11H14FNO5S/c1-18-9-5-6(4-8(13)11(14)15)3-7(12)10(9)19(2,16)17/h3,5,8H,4,13H2,1-2H3,(H,14,15). The van der Waals surface area contributed by atoms with Gasteiger partial charge in [0.25, 0.3) is 0 Å². The molecule has 3 N–H and O–H groups in total. The number of hydrogen-bond acceptors (Lipinski definition) is 5. The van der Waals surface area contributed by atoms with Crippen molar-refractivity contribution >= 4 is 15.8 Å². The van der Waals surface area contributed by atoms with Crippen molar-refractivity contribution in [2.45, 2.75) is 17.4 Å². The summed E-state index contributed by atoms with van der Waals surface area (Å²) in [6, 6.07) is 1.01. The maximum atomic E-state index is 13.8. The molecule has 1 aromatic rings. The van der Waals surface area contributed by atoms with Gasteiger partial charge in [-0.05, 0) is 24.1 Å². The van der Waals surface area contributed by atoms with Crippen molar-refractivity contribution in [2.24, 2.45) is 5.73 Å². The molecule has 0 aliphatic carbocycles. The van der Waals surface area contributed by atoms with Gasteiger partial charge in [0.15, 0.2) is 9.84 Å². The summed E-state index contributed by atoms with van der Waals surface area (Å²) < 4.78 is 41.5. The predicted molar refractivity (Wildman–Crippen MR) is 65.4 cm³/mol. The predicted octanol–water partition coefficient (Wildman–Crippen LogP) is 0.192. The zero-order valence-electron chi connectivity index (χ0n) is 10.4. The van der Waals surface area contributed by atoms with Crippen molar-refractivity contribution in [3.8, 4) is 5.75 Å². The number of ether oxygens (including phenoxy) is 1. The second-order valence-electron chi connectivity index (χ2n) is 4.03. The van der Waals surface area contributed by atoms with Crippen LogP contribution in [0.2, 0.25) is 0 Å². The third-order valence-electron chi connectivity index (χ3n) is 2.43. The molecule has 0 amide bonds. The van der Waals surface area contributed by atoms with E-state index in [2.05, 4.69) is 0 Å². The quantitative estimate of drug-likeness (QED) is 0.802. The van der Waals surface area contributed by atoms with Gasteiger partial charge in [0, 0.05) is 6.26 Å². The summed E-state index contributed by atoms with van der Waals surface area (Å²) in [6.45, 7) is 0. The van der Waals surface area contributed by atoms with Crippen molar-refractivity contribution in [1.82, 2.24) is 0 Å². The molecule has 6 nitrogen and oxygen atoms in total. The van der Waals surface area contributed by atoms with Gasteiger partial charge in [-0.15, -0.1) is 0 Å². The van der Waals surface area contributed by atoms with Crippen LogP contribution < -0.4 is 10.5 Å². The number of rotatable bonds is 5. The molecule has 0 aromatic heterocycles. The van der Waals surface area contributed by atoms with Crippen LogP contribution in [-0.4, -0.2) is 38.9 Å². The Morgan fingerprint density at radius 3 is 2.53 bits per heavy atom. The summed E-state index contributed by atoms with van der Waals surface area (Å²) in [5.41, 5.74) is 5.58. The summed E-state index contributed by atoms with van der Waals surface area (Å²) in [7, 11) is -2.59. The van der Waals surface area contributed by atoms with Crippen molar-refractivity contribution in [3.63, 3.8) is 0 Å². The monoisotopic (exact) mass is 291 g/mol. The van der Waals surface area contributed by atoms with E-state index < -0.39 is 32.6 Å². The Morgan fingerprint density at radius 2 is 2.11 bits per heavy atom. The molecule has 0 spiro atoms. The number of aliphatic carboxylic acids is 1. The summed E-state index contributed by atoms with van der Waals surface area (Å²) in [4.78, 5) is 10.1. The first kappa shape index (κ1) is 15.4. The van der Waals surface area contributed by atoms with Crippen LogP contribution in [0.25, 0.3) is 0 Å². The van der Waals surface area contributed by atoms with E-state index in [0.717, 1.165) is 12.3 Å². The molecule has 1 atom stereocenters. The number of sulfone groups is 1. The minimum Gasteiger partial charge on any atom is -0.495 e. The molecule has 0 saturated heterocycles. The van der Waals surface area contributed by atoms with E-state index in [1.54, 1.807) is 0 Å². The average Bonchev–Trinajstić information content (AvgIpc) is 2.25. The zero-order chi connectivity index (χ0) is 14.8. The first-order valence-corrected chi connectivity index (χ1v) is 7.10. The topological polar surface area (TPSA) is 107 Å². The highest BCUT2D eigenvalue weighted by molar-refractivity contribution is 7.90. The molecule has 0 bridgehead atoms. The number of methoxy groups -OCH3 is 1. The minimum atomic E-state index is -3.79. The van der Waals surface area contributed by atoms with E-state index >= 15 is 0 Å². The van der Waals surface area contributed by atoms with Crippen LogP contribution >= 0.6 is 0 Å². The first-order chi connectivity index (χ1) is 8.66. The van der Waals surface area contributed by atoms with Crippen LogP contribution in [0.3, 0.4) is 0 Å². The summed E-state index contributed by atoms with van der Waals surface area (Å²) >= 11 is 0. The van der Waals surface area contributed by atoms with Crippen LogP contribution in [0.1, 0.15) is 5.56 Å². The second-order valence-corrected chi connectivity index (χ2v) is 5.98. The molecule has 0 aliphatic rings. The Hall–Kier alpha value is -1.67. The zero-order valence-corrected chi connectivity index (χ0v) is 11.2. The molecule has 0 saturated carbocycles. The molecule has 1 unspecified atom stereocenters. The van der Waals surface area contributed by atoms with Crippen molar-refractivity contribution in [2.75, 3.05) is 13.4 Å². The second kappa shape index (κ2) is 5.54. The van der Waals surface area contributed by atoms with E-state index in [1.165, 1.54) is 13.2 Å². The van der Waals surface area contributed by atoms with Gasteiger partial charge in [0.1, 0.15) is 22.5 Å². The lowest BCUT2D eigenvalue weighted by Gasteiger charge is -2.12. The molecule has 0 aliphatic heterocycles. The average molecular weight is 291 g/mol. The molecule has 1 aromatic carbocycles. The Balaban J connectivity index is 3.28. The van der Waals surface area contributed by atoms with Gasteiger partial charge in [-0.25, -0.2) is 12.8 Å². The summed E-state index contributed by atoms with van der Waals surface area (Å²) in [5, 5.41) is 8.68. The number of nitrogens with two attached hydrogens (primary N) is 1. The molecular formula is C11H14FNO5S. The molecule has 8 heteroatoms. The van der Waals surface area contributed by atoms with E-state index in [0.29, 0.717) is 0 Å². The normalized spacial score (nSPS) is 13.1. The molecule has 1 rings (SSSR count). The van der Waals surface area contributed by atoms with E-state index in [9.17, 15) is 17.6 Å². The maximum Gasteiger partial charge on any atom is 0.320 e. The number of carboxylic acids is 1. The molecular weight excluding hydrogens is 277 g/mol. The summed E-state index contributed by atoms with van der Waals surface area (Å²) in [5.74, 6) is -2.39. The number of halogens is 1. The number of benzene rings is 1. The third kappa shape index (κ3) is 3.65. The Labute approximate surface area is 109 Å². The highest BCUT2D eigenvalue weighted by atomic mass is 32.2. The third-order valence-corrected chi connectivity index (χ3v) is 3.57. The fraction of sp³-hybridized carbons (Fsp3) is 0.364. The lowest BCUT2D eigenvalue weighted by Crippen LogP contribution is -2.32. The largest absolute Gasteiger partial charge is 0.495 e. The van der Waals surface area contributed by atoms with E-state index in [-0.39, 0.29) is 17.7 Å². The van der Waals surface area contributed by atoms with Gasteiger partial charge in [0.05, 0.1) is 7.11 Å². The van der Waals surface area contributed by atoms with E-state index in [4.69, 9.17) is 15.6 Å². The SMILES string of the molecule is COc1cc(CC(N)C(=O)O)cc(F)c1S(C)(=O)=O. The van der Waals surface area contributed by atoms with Crippen molar-refractivity contribution in [1.29, 1.82) is 0 Å². The highest BCUT2D eigenvalue weighted by Gasteiger charge is 2.22. The Bertz CT molecular complexity index is 599. The van der Waals surface area contributed by atoms with Gasteiger partial charge < -0.3 is 15.6 Å². The fourth-order valence-electron chi connectivity index (χ4n) is 1.59. The van der Waals surface area contributed by atoms with Gasteiger partial charge in [0.2, 0.25) is 0 Å². The molecule has 0 fully saturated rings. The van der Waals surface area contributed by atoms with Crippen molar-refractivity contribution in [3.05, 3.63) is 23.5 Å². The van der Waals surface area contributed by atoms with Crippen LogP contribution in [0, 0.1) is 5.82 Å². The van der Waals surface area contributed by atoms with Gasteiger partial charge in [-0.1, -0.05) is 0 Å². The van der Waals surface area contributed by atoms with Crippen LogP contribution in [0.15, 0.2) is 17.0 Å². The van der Waals surface area contributed by atoms with Crippen LogP contribution in [0.5, 0.6) is 5.75 Å². The lowest BCUT2D eigenvalue weighted by atomic mass is 10.1. The minimum absolute atomic E-state index is 0.132. The van der Waals surface area contributed by atoms with E-state index in [1.807, 2.05) is 0 Å². The first-order valence-electron chi connectivity index (χ1n) is 5.21. The Morgan fingerprint density at radius 1 is 1.53 bits per heavy atom. The molecule has 19 heavy (non-hydrogen) atoms. The summed E-state index contributed by atoms with van der Waals surface area (Å²) in [6.07, 6.45) is 0.725. The number of hydrogen-bond donors (Lipinski definition) is 2. The Kier molecular flexibility index (Phi) is 4.48. The smallest absolute Gasteiger partial charge is 0.320 e. The highest BCUT2D eigenvalue weighted by Crippen LogP contribution is 2.28. The molecule has 0 heterocycles. The van der Waals surface area contributed by atoms with Gasteiger partial charge in [-0.3, -0.25) is 4.79 Å². The molecule has 0 radical (unpaired) electrons.